The van der Waals surface area contributed by atoms with Gasteiger partial charge >= 0.3 is 0 Å². The van der Waals surface area contributed by atoms with E-state index in [9.17, 15) is 5.11 Å². The number of hydrogen-bond acceptors (Lipinski definition) is 3. The van der Waals surface area contributed by atoms with Crippen LogP contribution < -0.4 is 5.32 Å². The van der Waals surface area contributed by atoms with E-state index in [1.54, 1.807) is 0 Å². The Kier molecular flexibility index (Phi) is 7.98. The van der Waals surface area contributed by atoms with Crippen LogP contribution in [-0.2, 0) is 4.74 Å². The lowest BCUT2D eigenvalue weighted by Gasteiger charge is -2.25. The van der Waals surface area contributed by atoms with Crippen molar-refractivity contribution in [1.82, 2.24) is 5.32 Å². The van der Waals surface area contributed by atoms with Crippen LogP contribution in [0.5, 0.6) is 0 Å². The fourth-order valence-corrected chi connectivity index (χ4v) is 1.77. The molecule has 0 aromatic rings. The van der Waals surface area contributed by atoms with Gasteiger partial charge in [-0.3, -0.25) is 0 Å². The van der Waals surface area contributed by atoms with Crippen LogP contribution in [0.15, 0.2) is 0 Å². The zero-order valence-electron chi connectivity index (χ0n) is 11.5. The molecule has 0 spiro atoms. The second kappa shape index (κ2) is 8.04. The number of ether oxygens (including phenoxy) is 1. The van der Waals surface area contributed by atoms with E-state index in [0.717, 1.165) is 26.2 Å². The number of nitrogens with one attached hydrogen (secondary N) is 1. The molecule has 0 saturated carbocycles. The van der Waals surface area contributed by atoms with Gasteiger partial charge in [-0.2, -0.15) is 0 Å². The maximum atomic E-state index is 10.0. The Bertz CT molecular complexity index is 167. The average molecular weight is 231 g/mol. The van der Waals surface area contributed by atoms with E-state index in [1.165, 1.54) is 0 Å². The van der Waals surface area contributed by atoms with Crippen molar-refractivity contribution < 1.29 is 9.84 Å². The summed E-state index contributed by atoms with van der Waals surface area (Å²) < 4.78 is 5.45. The van der Waals surface area contributed by atoms with E-state index in [0.29, 0.717) is 18.4 Å². The molecule has 16 heavy (non-hydrogen) atoms. The molecule has 0 aliphatic rings. The standard InChI is InChI=1S/C13H29NO2/c1-11(2)8-13(5,15)10-14-6-7-16-9-12(3)4/h11-12,14-15H,6-10H2,1-5H3. The Morgan fingerprint density at radius 2 is 1.81 bits per heavy atom. The largest absolute Gasteiger partial charge is 0.389 e. The zero-order chi connectivity index (χ0) is 12.6. The van der Waals surface area contributed by atoms with Crippen LogP contribution in [0, 0.1) is 11.8 Å². The molecule has 0 fully saturated rings. The molecule has 0 aliphatic heterocycles. The second-order valence-corrected chi connectivity index (χ2v) is 5.74. The zero-order valence-corrected chi connectivity index (χ0v) is 11.5. The fraction of sp³-hybridized carbons (Fsp3) is 1.00. The van der Waals surface area contributed by atoms with Crippen LogP contribution in [0.1, 0.15) is 41.0 Å². The van der Waals surface area contributed by atoms with Crippen LogP contribution in [0.25, 0.3) is 0 Å². The highest BCUT2D eigenvalue weighted by molar-refractivity contribution is 4.76. The Morgan fingerprint density at radius 1 is 1.19 bits per heavy atom. The van der Waals surface area contributed by atoms with Gasteiger partial charge in [-0.15, -0.1) is 0 Å². The number of hydrogen-bond donors (Lipinski definition) is 2. The summed E-state index contributed by atoms with van der Waals surface area (Å²) in [5.41, 5.74) is -0.605. The first-order chi connectivity index (χ1) is 7.33. The van der Waals surface area contributed by atoms with Gasteiger partial charge in [-0.05, 0) is 25.2 Å². The molecule has 1 atom stereocenters. The molecular formula is C13H29NO2. The summed E-state index contributed by atoms with van der Waals surface area (Å²) in [6, 6.07) is 0. The van der Waals surface area contributed by atoms with E-state index in [-0.39, 0.29) is 0 Å². The first-order valence-electron chi connectivity index (χ1n) is 6.34. The van der Waals surface area contributed by atoms with Crippen molar-refractivity contribution in [2.45, 2.75) is 46.6 Å². The van der Waals surface area contributed by atoms with Gasteiger partial charge in [0.25, 0.3) is 0 Å². The highest BCUT2D eigenvalue weighted by Crippen LogP contribution is 2.14. The SMILES string of the molecule is CC(C)COCCNCC(C)(O)CC(C)C. The van der Waals surface area contributed by atoms with Crippen molar-refractivity contribution in [1.29, 1.82) is 0 Å². The Labute approximate surface area is 101 Å². The van der Waals surface area contributed by atoms with Gasteiger partial charge in [0.1, 0.15) is 0 Å². The van der Waals surface area contributed by atoms with Gasteiger partial charge in [-0.1, -0.05) is 27.7 Å². The van der Waals surface area contributed by atoms with Gasteiger partial charge in [-0.25, -0.2) is 0 Å². The van der Waals surface area contributed by atoms with E-state index >= 15 is 0 Å². The van der Waals surface area contributed by atoms with Gasteiger partial charge in [0.2, 0.25) is 0 Å². The summed E-state index contributed by atoms with van der Waals surface area (Å²) >= 11 is 0. The molecular weight excluding hydrogens is 202 g/mol. The first kappa shape index (κ1) is 15.9. The molecule has 3 nitrogen and oxygen atoms in total. The topological polar surface area (TPSA) is 41.5 Å². The highest BCUT2D eigenvalue weighted by atomic mass is 16.5. The van der Waals surface area contributed by atoms with Crippen LogP contribution in [-0.4, -0.2) is 37.0 Å². The summed E-state index contributed by atoms with van der Waals surface area (Å²) in [6.07, 6.45) is 0.826. The predicted molar refractivity (Wildman–Crippen MR) is 68.6 cm³/mol. The van der Waals surface area contributed by atoms with E-state index in [2.05, 4.69) is 33.0 Å². The van der Waals surface area contributed by atoms with Crippen molar-refractivity contribution in [2.24, 2.45) is 11.8 Å². The molecule has 0 aromatic heterocycles. The quantitative estimate of drug-likeness (QED) is 0.597. The predicted octanol–water partition coefficient (Wildman–Crippen LogP) is 2.05. The fourth-order valence-electron chi connectivity index (χ4n) is 1.77. The summed E-state index contributed by atoms with van der Waals surface area (Å²) in [6.45, 7) is 13.4. The smallest absolute Gasteiger partial charge is 0.0746 e. The number of aliphatic hydroxyl groups is 1. The third kappa shape index (κ3) is 10.4. The summed E-state index contributed by atoms with van der Waals surface area (Å²) in [7, 11) is 0. The molecule has 0 aliphatic carbocycles. The lowest BCUT2D eigenvalue weighted by molar-refractivity contribution is 0.0353. The summed E-state index contributed by atoms with van der Waals surface area (Å²) in [5, 5.41) is 13.3. The molecule has 0 saturated heterocycles. The molecule has 2 N–H and O–H groups in total. The lowest BCUT2D eigenvalue weighted by atomic mass is 9.94. The van der Waals surface area contributed by atoms with Crippen molar-refractivity contribution in [3.63, 3.8) is 0 Å². The minimum atomic E-state index is -0.605. The molecule has 0 radical (unpaired) electrons. The van der Waals surface area contributed by atoms with Crippen molar-refractivity contribution in [3.8, 4) is 0 Å². The maximum Gasteiger partial charge on any atom is 0.0746 e. The molecule has 98 valence electrons. The minimum Gasteiger partial charge on any atom is -0.389 e. The van der Waals surface area contributed by atoms with Crippen molar-refractivity contribution in [2.75, 3.05) is 26.3 Å². The van der Waals surface area contributed by atoms with Crippen LogP contribution in [0.4, 0.5) is 0 Å². The molecule has 0 rings (SSSR count). The Balaban J connectivity index is 3.43. The van der Waals surface area contributed by atoms with Crippen molar-refractivity contribution in [3.05, 3.63) is 0 Å². The van der Waals surface area contributed by atoms with Crippen LogP contribution in [0.3, 0.4) is 0 Å². The van der Waals surface area contributed by atoms with Gasteiger partial charge in [0, 0.05) is 19.7 Å². The molecule has 0 bridgehead atoms. The lowest BCUT2D eigenvalue weighted by Crippen LogP contribution is -2.40. The Morgan fingerprint density at radius 3 is 2.31 bits per heavy atom. The molecule has 1 unspecified atom stereocenters. The minimum absolute atomic E-state index is 0.522. The van der Waals surface area contributed by atoms with E-state index in [1.807, 2.05) is 6.92 Å². The summed E-state index contributed by atoms with van der Waals surface area (Å²) in [5.74, 6) is 1.11. The third-order valence-electron chi connectivity index (χ3n) is 2.23. The molecule has 0 aromatic carbocycles. The highest BCUT2D eigenvalue weighted by Gasteiger charge is 2.20. The number of rotatable bonds is 9. The second-order valence-electron chi connectivity index (χ2n) is 5.74. The first-order valence-corrected chi connectivity index (χ1v) is 6.34. The van der Waals surface area contributed by atoms with E-state index < -0.39 is 5.60 Å². The van der Waals surface area contributed by atoms with Crippen molar-refractivity contribution >= 4 is 0 Å². The normalized spacial score (nSPS) is 15.8. The van der Waals surface area contributed by atoms with Gasteiger partial charge in [0.15, 0.2) is 0 Å². The van der Waals surface area contributed by atoms with Gasteiger partial charge < -0.3 is 15.2 Å². The summed E-state index contributed by atoms with van der Waals surface area (Å²) in [4.78, 5) is 0. The van der Waals surface area contributed by atoms with Crippen LogP contribution >= 0.6 is 0 Å². The van der Waals surface area contributed by atoms with E-state index in [4.69, 9.17) is 4.74 Å². The third-order valence-corrected chi connectivity index (χ3v) is 2.23. The molecule has 0 heterocycles. The average Bonchev–Trinajstić information content (AvgIpc) is 2.08. The van der Waals surface area contributed by atoms with Crippen LogP contribution in [0.2, 0.25) is 0 Å². The molecule has 3 heteroatoms. The Hall–Kier alpha value is -0.120. The van der Waals surface area contributed by atoms with Gasteiger partial charge in [0.05, 0.1) is 12.2 Å². The maximum absolute atomic E-state index is 10.0. The molecule has 0 amide bonds. The monoisotopic (exact) mass is 231 g/mol.